The molecule has 0 saturated carbocycles. The van der Waals surface area contributed by atoms with Gasteiger partial charge in [-0.05, 0) is 63.2 Å². The second-order valence-corrected chi connectivity index (χ2v) is 10.5. The second-order valence-electron chi connectivity index (χ2n) is 10.5. The van der Waals surface area contributed by atoms with Crippen LogP contribution in [-0.4, -0.2) is 79.4 Å². The number of nitrogens with one attached hydrogen (secondary N) is 3. The first-order chi connectivity index (χ1) is 18.1. The van der Waals surface area contributed by atoms with E-state index < -0.39 is 17.5 Å². The average molecular weight is 524 g/mol. The summed E-state index contributed by atoms with van der Waals surface area (Å²) < 4.78 is 5.25. The van der Waals surface area contributed by atoms with Gasteiger partial charge in [0.25, 0.3) is 11.8 Å². The van der Waals surface area contributed by atoms with Crippen molar-refractivity contribution in [1.29, 1.82) is 0 Å². The Morgan fingerprint density at radius 1 is 1.29 bits per heavy atom. The van der Waals surface area contributed by atoms with Crippen LogP contribution in [0.2, 0.25) is 0 Å². The molecule has 1 aromatic rings. The zero-order chi connectivity index (χ0) is 27.4. The highest BCUT2D eigenvalue weighted by Crippen LogP contribution is 2.31. The van der Waals surface area contributed by atoms with E-state index in [1.165, 1.54) is 0 Å². The van der Waals surface area contributed by atoms with Crippen LogP contribution in [0.1, 0.15) is 48.5 Å². The van der Waals surface area contributed by atoms with E-state index in [2.05, 4.69) is 20.9 Å². The van der Waals surface area contributed by atoms with Crippen LogP contribution in [0.15, 0.2) is 42.0 Å². The lowest BCUT2D eigenvalue weighted by Gasteiger charge is -2.32. The number of urea groups is 1. The van der Waals surface area contributed by atoms with Crippen molar-refractivity contribution < 1.29 is 23.9 Å². The number of allylic oxidation sites excluding steroid dienone is 1. The quantitative estimate of drug-likeness (QED) is 0.382. The van der Waals surface area contributed by atoms with Crippen LogP contribution in [0.5, 0.6) is 5.75 Å². The van der Waals surface area contributed by atoms with Crippen LogP contribution in [0.4, 0.5) is 4.79 Å². The molecule has 10 heteroatoms. The molecule has 4 rings (SSSR count). The van der Waals surface area contributed by atoms with Crippen molar-refractivity contribution >= 4 is 23.8 Å². The molecule has 5 amide bonds. The van der Waals surface area contributed by atoms with Crippen molar-refractivity contribution in [3.8, 4) is 5.75 Å². The predicted molar refractivity (Wildman–Crippen MR) is 142 cm³/mol. The van der Waals surface area contributed by atoms with Gasteiger partial charge < -0.3 is 25.2 Å². The second kappa shape index (κ2) is 11.4. The summed E-state index contributed by atoms with van der Waals surface area (Å²) in [5, 5.41) is 8.24. The summed E-state index contributed by atoms with van der Waals surface area (Å²) >= 11 is 0. The topological polar surface area (TPSA) is 120 Å². The van der Waals surface area contributed by atoms with Crippen LogP contribution in [0.25, 0.3) is 0 Å². The minimum absolute atomic E-state index is 0.0375. The van der Waals surface area contributed by atoms with E-state index in [9.17, 15) is 19.2 Å². The highest BCUT2D eigenvalue weighted by Gasteiger charge is 2.49. The summed E-state index contributed by atoms with van der Waals surface area (Å²) in [7, 11) is 5.54. The van der Waals surface area contributed by atoms with Crippen molar-refractivity contribution in [2.24, 2.45) is 5.92 Å². The minimum Gasteiger partial charge on any atom is -0.497 e. The number of nitrogens with zero attached hydrogens (tertiary/aromatic N) is 2. The fraction of sp³-hybridized carbons (Fsp3) is 0.500. The molecular weight excluding hydrogens is 486 g/mol. The molecule has 0 spiro atoms. The Balaban J connectivity index is 1.41. The summed E-state index contributed by atoms with van der Waals surface area (Å²) in [6.07, 6.45) is 8.19. The van der Waals surface area contributed by atoms with Crippen LogP contribution >= 0.6 is 0 Å². The first-order valence-corrected chi connectivity index (χ1v) is 13.1. The molecule has 3 N–H and O–H groups in total. The molecule has 2 aliphatic heterocycles. The Kier molecular flexibility index (Phi) is 8.20. The van der Waals surface area contributed by atoms with Gasteiger partial charge in [-0.25, -0.2) is 4.79 Å². The van der Waals surface area contributed by atoms with E-state index >= 15 is 0 Å². The van der Waals surface area contributed by atoms with Crippen molar-refractivity contribution in [3.05, 3.63) is 53.1 Å². The third-order valence-corrected chi connectivity index (χ3v) is 7.47. The SMILES string of the molecule is CCC(CCN(C)C)C(=O)NC1C=CC(C[C@]2(CN3Cc4ccc(OC)cc4C3=O)NC(=O)NC2=O)=CC1. The van der Waals surface area contributed by atoms with Crippen LogP contribution in [-0.2, 0) is 16.1 Å². The Labute approximate surface area is 223 Å². The van der Waals surface area contributed by atoms with Crippen molar-refractivity contribution in [3.63, 3.8) is 0 Å². The van der Waals surface area contributed by atoms with Gasteiger partial charge in [0.05, 0.1) is 19.7 Å². The maximum absolute atomic E-state index is 13.1. The van der Waals surface area contributed by atoms with E-state index in [1.54, 1.807) is 24.1 Å². The van der Waals surface area contributed by atoms with Gasteiger partial charge >= 0.3 is 6.03 Å². The molecule has 38 heavy (non-hydrogen) atoms. The van der Waals surface area contributed by atoms with Gasteiger partial charge in [-0.3, -0.25) is 19.7 Å². The molecule has 1 aromatic carbocycles. The maximum Gasteiger partial charge on any atom is 0.322 e. The number of carbonyl (C=O) groups is 4. The van der Waals surface area contributed by atoms with E-state index in [4.69, 9.17) is 4.74 Å². The minimum atomic E-state index is -1.29. The lowest BCUT2D eigenvalue weighted by Crippen LogP contribution is -2.55. The van der Waals surface area contributed by atoms with Gasteiger partial charge in [0.15, 0.2) is 0 Å². The van der Waals surface area contributed by atoms with Crippen molar-refractivity contribution in [2.45, 2.75) is 50.7 Å². The number of ether oxygens (including phenoxy) is 1. The third kappa shape index (κ3) is 5.91. The number of hydrogen-bond acceptors (Lipinski definition) is 6. The fourth-order valence-corrected chi connectivity index (χ4v) is 5.23. The van der Waals surface area contributed by atoms with Crippen LogP contribution in [0.3, 0.4) is 0 Å². The van der Waals surface area contributed by atoms with Crippen molar-refractivity contribution in [2.75, 3.05) is 34.3 Å². The number of hydrogen-bond donors (Lipinski definition) is 3. The number of amides is 5. The molecule has 3 aliphatic rings. The molecule has 1 fully saturated rings. The maximum atomic E-state index is 13.1. The summed E-state index contributed by atoms with van der Waals surface area (Å²) in [6.45, 7) is 3.26. The van der Waals surface area contributed by atoms with E-state index in [0.29, 0.717) is 24.3 Å². The van der Waals surface area contributed by atoms with E-state index in [0.717, 1.165) is 30.5 Å². The summed E-state index contributed by atoms with van der Waals surface area (Å²) in [4.78, 5) is 54.8. The Morgan fingerprint density at radius 3 is 2.68 bits per heavy atom. The number of benzene rings is 1. The predicted octanol–water partition coefficient (Wildman–Crippen LogP) is 1.97. The van der Waals surface area contributed by atoms with Gasteiger partial charge in [0.1, 0.15) is 11.3 Å². The van der Waals surface area contributed by atoms with Crippen LogP contribution < -0.4 is 20.7 Å². The number of carbonyl (C=O) groups excluding carboxylic acids is 4. The number of fused-ring (bicyclic) bond motifs is 1. The van der Waals surface area contributed by atoms with Crippen LogP contribution in [0, 0.1) is 5.92 Å². The van der Waals surface area contributed by atoms with E-state index in [1.807, 2.05) is 45.3 Å². The molecule has 10 nitrogen and oxygen atoms in total. The van der Waals surface area contributed by atoms with Gasteiger partial charge in [-0.1, -0.05) is 31.2 Å². The first kappa shape index (κ1) is 27.4. The zero-order valence-corrected chi connectivity index (χ0v) is 22.5. The fourth-order valence-electron chi connectivity index (χ4n) is 5.23. The summed E-state index contributed by atoms with van der Waals surface area (Å²) in [5.74, 6) is -0.0757. The lowest BCUT2D eigenvalue weighted by atomic mass is 9.87. The molecule has 2 unspecified atom stereocenters. The molecule has 204 valence electrons. The largest absolute Gasteiger partial charge is 0.497 e. The molecule has 0 aromatic heterocycles. The van der Waals surface area contributed by atoms with Crippen molar-refractivity contribution in [1.82, 2.24) is 25.8 Å². The Morgan fingerprint density at radius 2 is 2.08 bits per heavy atom. The summed E-state index contributed by atoms with van der Waals surface area (Å²) in [6, 6.07) is 4.63. The van der Waals surface area contributed by atoms with Gasteiger partial charge in [0, 0.05) is 24.4 Å². The summed E-state index contributed by atoms with van der Waals surface area (Å²) in [5.41, 5.74) is 0.959. The molecular formula is C28H37N5O5. The molecule has 3 atom stereocenters. The Bertz CT molecular complexity index is 1180. The smallest absolute Gasteiger partial charge is 0.322 e. The highest BCUT2D eigenvalue weighted by atomic mass is 16.5. The lowest BCUT2D eigenvalue weighted by molar-refractivity contribution is -0.126. The molecule has 0 bridgehead atoms. The molecule has 1 saturated heterocycles. The number of rotatable bonds is 11. The third-order valence-electron chi connectivity index (χ3n) is 7.47. The number of methoxy groups -OCH3 is 1. The van der Waals surface area contributed by atoms with Gasteiger partial charge in [-0.2, -0.15) is 0 Å². The normalized spacial score (nSPS) is 23.2. The zero-order valence-electron chi connectivity index (χ0n) is 22.5. The van der Waals surface area contributed by atoms with Gasteiger partial charge in [0.2, 0.25) is 5.91 Å². The highest BCUT2D eigenvalue weighted by molar-refractivity contribution is 6.08. The molecule has 0 radical (unpaired) electrons. The molecule has 1 aliphatic carbocycles. The Hall–Kier alpha value is -3.66. The molecule has 2 heterocycles. The van der Waals surface area contributed by atoms with Gasteiger partial charge in [-0.15, -0.1) is 0 Å². The van der Waals surface area contributed by atoms with E-state index in [-0.39, 0.29) is 36.7 Å². The number of imide groups is 1. The first-order valence-electron chi connectivity index (χ1n) is 13.1. The standard InChI is InChI=1S/C28H37N5O5/c1-5-19(12-13-32(2)3)24(34)29-21-9-6-18(7-10-21)15-28(26(36)30-27(37)31-28)17-33-16-20-8-11-22(38-4)14-23(20)25(33)35/h6-9,11,14,19,21H,5,10,12-13,15-17H2,1-4H3,(H,29,34)(H2,30,31,36,37)/t19?,21?,28-/m1/s1. The average Bonchev–Trinajstić information content (AvgIpc) is 3.34. The monoisotopic (exact) mass is 523 g/mol.